The number of aromatic nitrogens is 1. The number of nitrogens with zero attached hydrogens (tertiary/aromatic N) is 2. The third-order valence-corrected chi connectivity index (χ3v) is 3.79. The zero-order chi connectivity index (χ0) is 20.0. The maximum Gasteiger partial charge on any atom is 0.213 e. The quantitative estimate of drug-likeness (QED) is 0.204. The molecular weight excluding hydrogens is 483 g/mol. The fourth-order valence-electron chi connectivity index (χ4n) is 2.37. The van der Waals surface area contributed by atoms with Crippen LogP contribution >= 0.6 is 24.0 Å². The van der Waals surface area contributed by atoms with Crippen LogP contribution in [-0.2, 0) is 11.3 Å². The minimum Gasteiger partial charge on any atom is -0.493 e. The number of methoxy groups -OCH3 is 1. The van der Waals surface area contributed by atoms with Gasteiger partial charge in [0.05, 0.1) is 13.2 Å². The van der Waals surface area contributed by atoms with Gasteiger partial charge in [0.2, 0.25) is 5.88 Å². The third-order valence-electron chi connectivity index (χ3n) is 3.79. The molecule has 0 bridgehead atoms. The van der Waals surface area contributed by atoms with E-state index in [0.29, 0.717) is 38.2 Å². The lowest BCUT2D eigenvalue weighted by molar-refractivity contribution is 0.172. The summed E-state index contributed by atoms with van der Waals surface area (Å²) in [5.41, 5.74) is 1.95. The average Bonchev–Trinajstić information content (AvgIpc) is 2.74. The molecule has 160 valence electrons. The summed E-state index contributed by atoms with van der Waals surface area (Å²) in [4.78, 5) is 8.57. The van der Waals surface area contributed by atoms with Crippen molar-refractivity contribution in [2.24, 2.45) is 4.99 Å². The molecule has 1 aromatic heterocycles. The lowest BCUT2D eigenvalue weighted by Gasteiger charge is -2.13. The second-order valence-corrected chi connectivity index (χ2v) is 6.13. The second-order valence-electron chi connectivity index (χ2n) is 6.13. The van der Waals surface area contributed by atoms with Gasteiger partial charge in [-0.1, -0.05) is 19.1 Å². The van der Waals surface area contributed by atoms with E-state index in [2.05, 4.69) is 27.5 Å². The molecule has 0 unspecified atom stereocenters. The highest BCUT2D eigenvalue weighted by Crippen LogP contribution is 2.17. The van der Waals surface area contributed by atoms with Crippen LogP contribution in [0.3, 0.4) is 0 Å². The van der Waals surface area contributed by atoms with Gasteiger partial charge in [-0.2, -0.15) is 0 Å². The van der Waals surface area contributed by atoms with Crippen molar-refractivity contribution in [3.63, 3.8) is 0 Å². The predicted molar refractivity (Wildman–Crippen MR) is 128 cm³/mol. The Kier molecular flexibility index (Phi) is 12.8. The van der Waals surface area contributed by atoms with Crippen molar-refractivity contribution < 1.29 is 14.2 Å². The number of pyridine rings is 1. The Hall–Kier alpha value is -2.07. The number of benzene rings is 1. The topological polar surface area (TPSA) is 77.0 Å². The van der Waals surface area contributed by atoms with E-state index < -0.39 is 0 Å². The van der Waals surface area contributed by atoms with Crippen molar-refractivity contribution in [2.75, 3.05) is 39.3 Å². The molecule has 2 aromatic rings. The van der Waals surface area contributed by atoms with Gasteiger partial charge in [0.15, 0.2) is 5.96 Å². The number of anilines is 1. The lowest BCUT2D eigenvalue weighted by atomic mass is 10.3. The van der Waals surface area contributed by atoms with Gasteiger partial charge in [-0.3, -0.25) is 4.99 Å². The van der Waals surface area contributed by atoms with Crippen LogP contribution in [0.5, 0.6) is 11.6 Å². The molecule has 0 spiro atoms. The van der Waals surface area contributed by atoms with Gasteiger partial charge in [-0.25, -0.2) is 4.98 Å². The van der Waals surface area contributed by atoms with Crippen molar-refractivity contribution >= 4 is 35.6 Å². The molecule has 0 amide bonds. The number of rotatable bonds is 11. The molecule has 1 aromatic carbocycles. The van der Waals surface area contributed by atoms with E-state index in [1.165, 1.54) is 0 Å². The monoisotopic (exact) mass is 514 g/mol. The summed E-state index contributed by atoms with van der Waals surface area (Å²) in [5, 5.41) is 6.55. The van der Waals surface area contributed by atoms with Gasteiger partial charge >= 0.3 is 0 Å². The predicted octanol–water partition coefficient (Wildman–Crippen LogP) is 4.09. The number of halogens is 1. The molecule has 0 atom stereocenters. The standard InChI is InChI=1S/C21H30N4O3.HI/c1-4-11-28-20-10-9-17(15-23-20)16-24-21(22-2)25-18-7-5-8-19(14-18)27-13-6-12-26-3;/h5,7-10,14-15H,4,6,11-13,16H2,1-3H3,(H2,22,24,25);1H. The molecule has 0 saturated carbocycles. The maximum absolute atomic E-state index is 5.73. The average molecular weight is 514 g/mol. The fourth-order valence-corrected chi connectivity index (χ4v) is 2.37. The largest absolute Gasteiger partial charge is 0.493 e. The molecule has 0 radical (unpaired) electrons. The molecule has 0 aliphatic heterocycles. The van der Waals surface area contributed by atoms with Crippen molar-refractivity contribution in [1.82, 2.24) is 10.3 Å². The summed E-state index contributed by atoms with van der Waals surface area (Å²) < 4.78 is 16.3. The van der Waals surface area contributed by atoms with Crippen LogP contribution in [0.1, 0.15) is 25.3 Å². The van der Waals surface area contributed by atoms with Crippen LogP contribution in [0.4, 0.5) is 5.69 Å². The van der Waals surface area contributed by atoms with E-state index in [1.807, 2.05) is 36.4 Å². The summed E-state index contributed by atoms with van der Waals surface area (Å²) >= 11 is 0. The molecule has 2 N–H and O–H groups in total. The van der Waals surface area contributed by atoms with E-state index in [4.69, 9.17) is 14.2 Å². The Morgan fingerprint density at radius 2 is 1.97 bits per heavy atom. The van der Waals surface area contributed by atoms with E-state index in [1.54, 1.807) is 20.4 Å². The Morgan fingerprint density at radius 1 is 1.10 bits per heavy atom. The number of hydrogen-bond donors (Lipinski definition) is 2. The molecule has 7 nitrogen and oxygen atoms in total. The number of ether oxygens (including phenoxy) is 3. The molecule has 0 aliphatic rings. The van der Waals surface area contributed by atoms with Crippen molar-refractivity contribution in [1.29, 1.82) is 0 Å². The Bertz CT molecular complexity index is 726. The van der Waals surface area contributed by atoms with Crippen LogP contribution in [0, 0.1) is 0 Å². The van der Waals surface area contributed by atoms with E-state index in [9.17, 15) is 0 Å². The van der Waals surface area contributed by atoms with Crippen LogP contribution in [0.25, 0.3) is 0 Å². The molecular formula is C21H31IN4O3. The molecule has 1 heterocycles. The summed E-state index contributed by atoms with van der Waals surface area (Å²) in [6.07, 6.45) is 3.62. The first-order chi connectivity index (χ1) is 13.7. The van der Waals surface area contributed by atoms with Crippen LogP contribution in [-0.4, -0.2) is 44.9 Å². The molecule has 2 rings (SSSR count). The van der Waals surface area contributed by atoms with E-state index >= 15 is 0 Å². The number of nitrogens with one attached hydrogen (secondary N) is 2. The first-order valence-electron chi connectivity index (χ1n) is 9.52. The summed E-state index contributed by atoms with van der Waals surface area (Å²) in [6, 6.07) is 11.7. The number of aliphatic imine (C=N–C) groups is 1. The molecule has 0 aliphatic carbocycles. The van der Waals surface area contributed by atoms with Gasteiger partial charge in [-0.05, 0) is 24.1 Å². The van der Waals surface area contributed by atoms with Crippen LogP contribution < -0.4 is 20.1 Å². The minimum absolute atomic E-state index is 0. The molecule has 0 saturated heterocycles. The fraction of sp³-hybridized carbons (Fsp3) is 0.429. The highest BCUT2D eigenvalue weighted by Gasteiger charge is 2.03. The number of hydrogen-bond acceptors (Lipinski definition) is 5. The van der Waals surface area contributed by atoms with Crippen LogP contribution in [0.2, 0.25) is 0 Å². The normalized spacial score (nSPS) is 10.8. The molecule has 0 fully saturated rings. The van der Waals surface area contributed by atoms with Gasteiger partial charge in [0.1, 0.15) is 5.75 Å². The van der Waals surface area contributed by atoms with E-state index in [-0.39, 0.29) is 24.0 Å². The van der Waals surface area contributed by atoms with Gasteiger partial charge in [0, 0.05) is 57.7 Å². The summed E-state index contributed by atoms with van der Waals surface area (Å²) in [7, 11) is 3.42. The van der Waals surface area contributed by atoms with Gasteiger partial charge in [0.25, 0.3) is 0 Å². The highest BCUT2D eigenvalue weighted by molar-refractivity contribution is 14.0. The highest BCUT2D eigenvalue weighted by atomic mass is 127. The first kappa shape index (κ1) is 25.0. The number of guanidine groups is 1. The smallest absolute Gasteiger partial charge is 0.213 e. The van der Waals surface area contributed by atoms with Gasteiger partial charge < -0.3 is 24.8 Å². The Morgan fingerprint density at radius 3 is 2.66 bits per heavy atom. The maximum atomic E-state index is 5.73. The van der Waals surface area contributed by atoms with Crippen LogP contribution in [0.15, 0.2) is 47.6 Å². The van der Waals surface area contributed by atoms with Crippen molar-refractivity contribution in [3.8, 4) is 11.6 Å². The zero-order valence-electron chi connectivity index (χ0n) is 17.3. The van der Waals surface area contributed by atoms with Crippen molar-refractivity contribution in [3.05, 3.63) is 48.2 Å². The molecule has 8 heteroatoms. The Labute approximate surface area is 190 Å². The summed E-state index contributed by atoms with van der Waals surface area (Å²) in [5.74, 6) is 2.13. The first-order valence-corrected chi connectivity index (χ1v) is 9.52. The molecule has 29 heavy (non-hydrogen) atoms. The SMILES string of the molecule is CCCOc1ccc(CNC(=NC)Nc2cccc(OCCCOC)c2)cn1.I. The van der Waals surface area contributed by atoms with E-state index in [0.717, 1.165) is 29.8 Å². The second kappa shape index (κ2) is 14.9. The third kappa shape index (κ3) is 9.80. The minimum atomic E-state index is 0. The van der Waals surface area contributed by atoms with Crippen molar-refractivity contribution in [2.45, 2.75) is 26.3 Å². The zero-order valence-corrected chi connectivity index (χ0v) is 19.6. The van der Waals surface area contributed by atoms with Gasteiger partial charge in [-0.15, -0.1) is 24.0 Å². The Balaban J connectivity index is 0.00000420. The summed E-state index contributed by atoms with van der Waals surface area (Å²) in [6.45, 7) is 4.66. The lowest BCUT2D eigenvalue weighted by Crippen LogP contribution is -2.30.